The highest BCUT2D eigenvalue weighted by molar-refractivity contribution is 7.15. The van der Waals surface area contributed by atoms with E-state index in [9.17, 15) is 4.79 Å². The molecule has 0 aliphatic carbocycles. The van der Waals surface area contributed by atoms with Crippen LogP contribution in [-0.4, -0.2) is 42.1 Å². The molecule has 0 bridgehead atoms. The van der Waals surface area contributed by atoms with Crippen molar-refractivity contribution >= 4 is 40.5 Å². The van der Waals surface area contributed by atoms with Gasteiger partial charge in [-0.25, -0.2) is 4.98 Å². The Morgan fingerprint density at radius 3 is 2.80 bits per heavy atom. The van der Waals surface area contributed by atoms with Crippen LogP contribution in [0.5, 0.6) is 11.5 Å². The number of nitrogen functional groups attached to an aromatic ring is 1. The van der Waals surface area contributed by atoms with Crippen molar-refractivity contribution in [1.29, 1.82) is 0 Å². The summed E-state index contributed by atoms with van der Waals surface area (Å²) in [5.74, 6) is 1.29. The molecule has 0 saturated heterocycles. The molecule has 3 rings (SSSR count). The number of halogens is 1. The molecule has 0 unspecified atom stereocenters. The molecule has 0 atom stereocenters. The summed E-state index contributed by atoms with van der Waals surface area (Å²) >= 11 is 1.44. The molecule has 0 fully saturated rings. The molecular formula is C16H21ClN4O3S. The predicted octanol–water partition coefficient (Wildman–Crippen LogP) is 2.38. The number of carbonyl (C=O) groups is 1. The second-order valence-electron chi connectivity index (χ2n) is 5.37. The van der Waals surface area contributed by atoms with Crippen molar-refractivity contribution in [2.75, 3.05) is 37.4 Å². The first kappa shape index (κ1) is 19.3. The maximum atomic E-state index is 12.3. The summed E-state index contributed by atoms with van der Waals surface area (Å²) in [5.41, 5.74) is 6.34. The molecule has 0 radical (unpaired) electrons. The van der Waals surface area contributed by atoms with Crippen molar-refractivity contribution in [1.82, 2.24) is 9.88 Å². The van der Waals surface area contributed by atoms with E-state index in [1.807, 2.05) is 24.0 Å². The predicted molar refractivity (Wildman–Crippen MR) is 101 cm³/mol. The summed E-state index contributed by atoms with van der Waals surface area (Å²) in [5, 5.41) is 3.44. The molecule has 0 saturated carbocycles. The van der Waals surface area contributed by atoms with Gasteiger partial charge < -0.3 is 20.5 Å². The molecule has 1 amide bonds. The van der Waals surface area contributed by atoms with Crippen LogP contribution in [0.15, 0.2) is 24.4 Å². The second kappa shape index (κ2) is 8.89. The van der Waals surface area contributed by atoms with Crippen LogP contribution in [0.25, 0.3) is 0 Å². The molecule has 1 aliphatic heterocycles. The van der Waals surface area contributed by atoms with Crippen LogP contribution in [-0.2, 0) is 11.3 Å². The van der Waals surface area contributed by atoms with Gasteiger partial charge in [0.05, 0.1) is 6.54 Å². The van der Waals surface area contributed by atoms with E-state index in [0.29, 0.717) is 48.6 Å². The van der Waals surface area contributed by atoms with Crippen LogP contribution < -0.4 is 20.5 Å². The molecule has 136 valence electrons. The highest BCUT2D eigenvalue weighted by atomic mass is 35.5. The Kier molecular flexibility index (Phi) is 6.86. The smallest absolute Gasteiger partial charge is 0.238 e. The molecule has 3 N–H and O–H groups in total. The number of likely N-dealkylation sites (N-methyl/N-ethyl adjacent to an activating group) is 1. The number of carbonyl (C=O) groups excluding carboxylic acids is 1. The first-order valence-electron chi connectivity index (χ1n) is 7.76. The topological polar surface area (TPSA) is 89.7 Å². The fourth-order valence-corrected chi connectivity index (χ4v) is 3.15. The fraction of sp³-hybridized carbons (Fsp3) is 0.375. The van der Waals surface area contributed by atoms with E-state index < -0.39 is 0 Å². The molecular weight excluding hydrogens is 364 g/mol. The molecule has 1 aliphatic rings. The van der Waals surface area contributed by atoms with E-state index in [0.717, 1.165) is 11.4 Å². The van der Waals surface area contributed by atoms with Gasteiger partial charge in [0.2, 0.25) is 5.91 Å². The number of aromatic nitrogens is 1. The van der Waals surface area contributed by atoms with Crippen molar-refractivity contribution < 1.29 is 14.3 Å². The maximum absolute atomic E-state index is 12.3. The summed E-state index contributed by atoms with van der Waals surface area (Å²) in [7, 11) is 0. The van der Waals surface area contributed by atoms with Crippen molar-refractivity contribution in [2.45, 2.75) is 13.5 Å². The lowest BCUT2D eigenvalue weighted by Gasteiger charge is -2.20. The van der Waals surface area contributed by atoms with Crippen molar-refractivity contribution in [2.24, 2.45) is 0 Å². The molecule has 7 nitrogen and oxygen atoms in total. The van der Waals surface area contributed by atoms with E-state index in [1.54, 1.807) is 12.3 Å². The van der Waals surface area contributed by atoms with E-state index in [-0.39, 0.29) is 18.3 Å². The summed E-state index contributed by atoms with van der Waals surface area (Å²) in [4.78, 5) is 19.4. The van der Waals surface area contributed by atoms with E-state index in [1.165, 1.54) is 11.3 Å². The quantitative estimate of drug-likeness (QED) is 0.794. The van der Waals surface area contributed by atoms with E-state index in [4.69, 9.17) is 15.2 Å². The third-order valence-corrected chi connectivity index (χ3v) is 4.40. The molecule has 1 aromatic carbocycles. The van der Waals surface area contributed by atoms with Gasteiger partial charge in [0.1, 0.15) is 13.2 Å². The zero-order valence-corrected chi connectivity index (χ0v) is 15.5. The number of thiazole rings is 1. The average Bonchev–Trinajstić information content (AvgIpc) is 2.99. The minimum Gasteiger partial charge on any atom is -0.486 e. The Labute approximate surface area is 156 Å². The lowest BCUT2D eigenvalue weighted by molar-refractivity contribution is -0.117. The van der Waals surface area contributed by atoms with Crippen LogP contribution in [0.2, 0.25) is 0 Å². The molecule has 2 heterocycles. The Morgan fingerprint density at radius 2 is 2.12 bits per heavy atom. The van der Waals surface area contributed by atoms with E-state index >= 15 is 0 Å². The van der Waals surface area contributed by atoms with Gasteiger partial charge in [-0.05, 0) is 18.7 Å². The van der Waals surface area contributed by atoms with Crippen LogP contribution in [0.1, 0.15) is 11.8 Å². The number of hydrogen-bond donors (Lipinski definition) is 2. The minimum absolute atomic E-state index is 0. The number of rotatable bonds is 6. The van der Waals surface area contributed by atoms with E-state index in [2.05, 4.69) is 10.3 Å². The third kappa shape index (κ3) is 5.22. The van der Waals surface area contributed by atoms with Crippen LogP contribution in [0, 0.1) is 0 Å². The zero-order valence-electron chi connectivity index (χ0n) is 13.9. The van der Waals surface area contributed by atoms with Crippen LogP contribution in [0.4, 0.5) is 10.8 Å². The first-order valence-corrected chi connectivity index (χ1v) is 8.57. The number of nitrogens with one attached hydrogen (secondary N) is 1. The second-order valence-corrected chi connectivity index (χ2v) is 6.52. The third-order valence-electron chi connectivity index (χ3n) is 3.59. The van der Waals surface area contributed by atoms with Crippen molar-refractivity contribution in [3.05, 3.63) is 29.3 Å². The lowest BCUT2D eigenvalue weighted by atomic mass is 10.2. The van der Waals surface area contributed by atoms with Gasteiger partial charge >= 0.3 is 0 Å². The van der Waals surface area contributed by atoms with Gasteiger partial charge in [-0.3, -0.25) is 9.69 Å². The number of nitrogens with zero attached hydrogens (tertiary/aromatic N) is 2. The van der Waals surface area contributed by atoms with Crippen molar-refractivity contribution in [3.8, 4) is 11.5 Å². The number of benzene rings is 1. The number of ether oxygens (including phenoxy) is 2. The first-order chi connectivity index (χ1) is 11.6. The molecule has 0 spiro atoms. The van der Waals surface area contributed by atoms with Gasteiger partial charge in [-0.1, -0.05) is 6.92 Å². The molecule has 2 aromatic rings. The Balaban J connectivity index is 0.00000225. The maximum Gasteiger partial charge on any atom is 0.238 e. The van der Waals surface area contributed by atoms with Gasteiger partial charge in [0.15, 0.2) is 16.6 Å². The van der Waals surface area contributed by atoms with Crippen LogP contribution in [0.3, 0.4) is 0 Å². The summed E-state index contributed by atoms with van der Waals surface area (Å²) < 4.78 is 11.0. The van der Waals surface area contributed by atoms with Crippen LogP contribution >= 0.6 is 23.7 Å². The normalized spacial score (nSPS) is 12.6. The number of hydrogen-bond acceptors (Lipinski definition) is 7. The number of nitrogens with two attached hydrogens (primary N) is 1. The standard InChI is InChI=1S/C16H20N4O3S.ClH/c1-2-20(9-12-8-18-16(17)24-12)10-15(21)19-11-3-4-13-14(7-11)23-6-5-22-13;/h3-4,7-8H,2,5-6,9-10H2,1H3,(H2,17,18)(H,19,21);1H. The molecule has 25 heavy (non-hydrogen) atoms. The minimum atomic E-state index is -0.0778. The molecule has 1 aromatic heterocycles. The van der Waals surface area contributed by atoms with Gasteiger partial charge in [0.25, 0.3) is 0 Å². The number of amides is 1. The Bertz CT molecular complexity index is 725. The summed E-state index contributed by atoms with van der Waals surface area (Å²) in [6.45, 7) is 4.79. The summed E-state index contributed by atoms with van der Waals surface area (Å²) in [6.07, 6.45) is 1.75. The SMILES string of the molecule is CCN(CC(=O)Nc1ccc2c(c1)OCCO2)Cc1cnc(N)s1.Cl. The Morgan fingerprint density at radius 1 is 1.36 bits per heavy atom. The summed E-state index contributed by atoms with van der Waals surface area (Å²) in [6, 6.07) is 5.40. The fourth-order valence-electron chi connectivity index (χ4n) is 2.42. The largest absolute Gasteiger partial charge is 0.486 e. The highest BCUT2D eigenvalue weighted by Gasteiger charge is 2.15. The van der Waals surface area contributed by atoms with Gasteiger partial charge in [-0.2, -0.15) is 0 Å². The molecule has 9 heteroatoms. The zero-order chi connectivity index (χ0) is 16.9. The number of fused-ring (bicyclic) bond motifs is 1. The monoisotopic (exact) mass is 384 g/mol. The lowest BCUT2D eigenvalue weighted by Crippen LogP contribution is -2.32. The average molecular weight is 385 g/mol. The van der Waals surface area contributed by atoms with Crippen molar-refractivity contribution in [3.63, 3.8) is 0 Å². The Hall–Kier alpha value is -2.03. The highest BCUT2D eigenvalue weighted by Crippen LogP contribution is 2.32. The van der Waals surface area contributed by atoms with Gasteiger partial charge in [0, 0.05) is 29.4 Å². The van der Waals surface area contributed by atoms with Gasteiger partial charge in [-0.15, -0.1) is 23.7 Å². The number of anilines is 2.